The minimum atomic E-state index is -4.89. The molecule has 2 saturated heterocycles. The van der Waals surface area contributed by atoms with Crippen molar-refractivity contribution in [1.29, 1.82) is 5.26 Å². The maximum atomic E-state index is 14.5. The van der Waals surface area contributed by atoms with Gasteiger partial charge in [-0.2, -0.15) is 18.4 Å². The molecule has 17 nitrogen and oxygen atoms in total. The molecule has 2 aliphatic rings. The average Bonchev–Trinajstić information content (AvgIpc) is 4.17. The van der Waals surface area contributed by atoms with Crippen LogP contribution in [0.15, 0.2) is 96.5 Å². The third kappa shape index (κ3) is 13.2. The molecule has 4 aromatic carbocycles. The summed E-state index contributed by atoms with van der Waals surface area (Å²) in [6.45, 7) is 12.9. The molecule has 412 valence electrons. The number of thiazole rings is 1. The highest BCUT2D eigenvalue weighted by Crippen LogP contribution is 2.40. The third-order valence-corrected chi connectivity index (χ3v) is 14.3. The lowest BCUT2D eigenvalue weighted by atomic mass is 9.83. The average molecular weight is 1090 g/mol. The topological polar surface area (TPSA) is 221 Å². The summed E-state index contributed by atoms with van der Waals surface area (Å²) >= 11 is 1.53. The molecule has 3 heterocycles. The number of likely N-dealkylation sites (tertiary alicyclic amines) is 1. The van der Waals surface area contributed by atoms with E-state index in [1.54, 1.807) is 62.7 Å². The van der Waals surface area contributed by atoms with Gasteiger partial charge in [0.1, 0.15) is 35.6 Å². The standard InChI is InChI=1S/C57H62F3N7O10S/c1-34-47(78-33-63-34)38-13-11-35(12-14-38)30-62-49(70)45-28-42(68)31-65(45)50(71)48(55(5,6)52(73)77-54(2,3)4)64-46(69)32-75-25-9-10-26-76-43-23-18-37(19-24-43)36-15-20-40(21-16-36)67-53(74)66(51(72)56(67,7)8)41-22-17-39(29-61)44(27-41)57(58,59)60/h11-24,27,33,42,45,48,68H,9-10,25-26,28,30-32H2,1-8H3,(H,62,70)(H,64,69)/t42-,45+,48-/m1/s1. The highest BCUT2D eigenvalue weighted by atomic mass is 32.1. The molecule has 2 aliphatic heterocycles. The van der Waals surface area contributed by atoms with Crippen LogP contribution in [0.2, 0.25) is 0 Å². The Morgan fingerprint density at radius 2 is 1.50 bits per heavy atom. The Balaban J connectivity index is 0.891. The first-order chi connectivity index (χ1) is 36.7. The number of unbranched alkanes of at least 4 members (excludes halogenated alkanes) is 1. The molecule has 0 unspecified atom stereocenters. The van der Waals surface area contributed by atoms with Crippen molar-refractivity contribution >= 4 is 58.3 Å². The first-order valence-corrected chi connectivity index (χ1v) is 26.1. The molecule has 0 aliphatic carbocycles. The van der Waals surface area contributed by atoms with E-state index in [4.69, 9.17) is 14.2 Å². The molecule has 5 aromatic rings. The zero-order valence-corrected chi connectivity index (χ0v) is 45.3. The van der Waals surface area contributed by atoms with Crippen LogP contribution in [0, 0.1) is 23.7 Å². The molecule has 0 spiro atoms. The SMILES string of the molecule is Cc1ncsc1-c1ccc(CNC(=O)[C@@H]2C[C@@H](O)CN2C(=O)[C@@H](NC(=O)COCCCCOc2ccc(-c3ccc(N4C(=O)N(c5ccc(C#N)c(C(F)(F)F)c5)C(=O)C4(C)C)cc3)cc2)C(C)(C)C(=O)OC(C)(C)C)cc1. The second kappa shape index (κ2) is 23.5. The Bertz CT molecular complexity index is 3080. The molecule has 3 N–H and O–H groups in total. The Labute approximate surface area is 454 Å². The van der Waals surface area contributed by atoms with Crippen LogP contribution < -0.4 is 25.2 Å². The minimum absolute atomic E-state index is 0.0490. The number of ether oxygens (including phenoxy) is 3. The van der Waals surface area contributed by atoms with Crippen molar-refractivity contribution in [3.8, 4) is 33.4 Å². The first-order valence-electron chi connectivity index (χ1n) is 25.2. The molecule has 1 aromatic heterocycles. The van der Waals surface area contributed by atoms with Crippen molar-refractivity contribution in [1.82, 2.24) is 20.5 Å². The first kappa shape index (κ1) is 58.0. The second-order valence-electron chi connectivity index (χ2n) is 21.1. The number of alkyl halides is 3. The molecule has 78 heavy (non-hydrogen) atoms. The van der Waals surface area contributed by atoms with E-state index in [9.17, 15) is 52.3 Å². The Morgan fingerprint density at radius 3 is 2.10 bits per heavy atom. The van der Waals surface area contributed by atoms with Gasteiger partial charge in [-0.3, -0.25) is 28.9 Å². The van der Waals surface area contributed by atoms with Crippen LogP contribution in [0.5, 0.6) is 5.75 Å². The Morgan fingerprint density at radius 1 is 0.885 bits per heavy atom. The van der Waals surface area contributed by atoms with Gasteiger partial charge in [-0.25, -0.2) is 14.7 Å². The summed E-state index contributed by atoms with van der Waals surface area (Å²) in [5.74, 6) is -2.85. The third-order valence-electron chi connectivity index (χ3n) is 13.3. The summed E-state index contributed by atoms with van der Waals surface area (Å²) in [6.07, 6.45) is -4.91. The normalized spacial score (nSPS) is 16.9. The molecule has 21 heteroatoms. The van der Waals surface area contributed by atoms with Crippen LogP contribution in [0.4, 0.5) is 29.3 Å². The van der Waals surface area contributed by atoms with Crippen LogP contribution in [0.25, 0.3) is 21.6 Å². The smallest absolute Gasteiger partial charge is 0.417 e. The van der Waals surface area contributed by atoms with Gasteiger partial charge in [-0.1, -0.05) is 48.5 Å². The number of aliphatic hydroxyl groups excluding tert-OH is 1. The Hall–Kier alpha value is -7.67. The molecule has 0 bridgehead atoms. The van der Waals surface area contributed by atoms with Crippen molar-refractivity contribution in [3.05, 3.63) is 119 Å². The zero-order valence-electron chi connectivity index (χ0n) is 44.5. The fraction of sp³-hybridized carbons (Fsp3) is 0.404. The summed E-state index contributed by atoms with van der Waals surface area (Å²) in [5, 5.41) is 25.5. The highest BCUT2D eigenvalue weighted by molar-refractivity contribution is 7.13. The largest absolute Gasteiger partial charge is 0.494 e. The molecule has 7 rings (SSSR count). The molecular formula is C57H62F3N7O10S. The van der Waals surface area contributed by atoms with Crippen molar-refractivity contribution in [3.63, 3.8) is 0 Å². The monoisotopic (exact) mass is 1090 g/mol. The molecular weight excluding hydrogens is 1030 g/mol. The number of urea groups is 1. The maximum Gasteiger partial charge on any atom is 0.417 e. The number of hydrogen-bond donors (Lipinski definition) is 3. The fourth-order valence-electron chi connectivity index (χ4n) is 9.08. The molecule has 0 saturated carbocycles. The number of carbonyl (C=O) groups excluding carboxylic acids is 6. The fourth-order valence-corrected chi connectivity index (χ4v) is 9.89. The van der Waals surface area contributed by atoms with Gasteiger partial charge >= 0.3 is 18.2 Å². The lowest BCUT2D eigenvalue weighted by Gasteiger charge is -2.37. The number of nitriles is 1. The van der Waals surface area contributed by atoms with Crippen LogP contribution in [-0.2, 0) is 46.2 Å². The quantitative estimate of drug-likeness (QED) is 0.0402. The predicted molar refractivity (Wildman–Crippen MR) is 285 cm³/mol. The van der Waals surface area contributed by atoms with Crippen molar-refractivity contribution in [2.45, 2.75) is 117 Å². The number of benzene rings is 4. The van der Waals surface area contributed by atoms with E-state index in [1.807, 2.05) is 43.3 Å². The van der Waals surface area contributed by atoms with E-state index >= 15 is 0 Å². The number of rotatable bonds is 19. The number of nitrogens with zero attached hydrogens (tertiary/aromatic N) is 5. The summed E-state index contributed by atoms with van der Waals surface area (Å²) in [5.41, 5.74) is 0.226. The van der Waals surface area contributed by atoms with Crippen LogP contribution in [0.1, 0.15) is 90.1 Å². The second-order valence-corrected chi connectivity index (χ2v) is 22.0. The van der Waals surface area contributed by atoms with Crippen molar-refractivity contribution in [2.24, 2.45) is 5.41 Å². The van der Waals surface area contributed by atoms with Gasteiger partial charge < -0.3 is 34.9 Å². The van der Waals surface area contributed by atoms with E-state index in [2.05, 4.69) is 15.6 Å². The van der Waals surface area contributed by atoms with Gasteiger partial charge in [-0.05, 0) is 133 Å². The lowest BCUT2D eigenvalue weighted by Crippen LogP contribution is -2.61. The van der Waals surface area contributed by atoms with Gasteiger partial charge in [0.2, 0.25) is 17.7 Å². The molecule has 0 radical (unpaired) electrons. The zero-order chi connectivity index (χ0) is 56.9. The number of nitrogens with one attached hydrogen (secondary N) is 2. The lowest BCUT2D eigenvalue weighted by molar-refractivity contribution is -0.170. The van der Waals surface area contributed by atoms with Gasteiger partial charge in [0.15, 0.2) is 0 Å². The number of halogens is 3. The molecule has 2 fully saturated rings. The highest BCUT2D eigenvalue weighted by Gasteiger charge is 2.53. The Kier molecular flexibility index (Phi) is 17.5. The van der Waals surface area contributed by atoms with E-state index in [0.29, 0.717) is 41.9 Å². The van der Waals surface area contributed by atoms with Gasteiger partial charge in [-0.15, -0.1) is 11.3 Å². The number of aliphatic hydroxyl groups is 1. The maximum absolute atomic E-state index is 14.5. The number of hydrogen-bond acceptors (Lipinski definition) is 13. The minimum Gasteiger partial charge on any atom is -0.494 e. The predicted octanol–water partition coefficient (Wildman–Crippen LogP) is 8.73. The molecule has 6 amide bonds. The summed E-state index contributed by atoms with van der Waals surface area (Å²) in [7, 11) is 0. The number of esters is 1. The van der Waals surface area contributed by atoms with E-state index in [-0.39, 0.29) is 31.8 Å². The van der Waals surface area contributed by atoms with Crippen LogP contribution in [0.3, 0.4) is 0 Å². The number of amides is 6. The summed E-state index contributed by atoms with van der Waals surface area (Å²) in [6, 6.07) is 22.4. The van der Waals surface area contributed by atoms with Gasteiger partial charge in [0.25, 0.3) is 5.91 Å². The van der Waals surface area contributed by atoms with Crippen LogP contribution >= 0.6 is 11.3 Å². The summed E-state index contributed by atoms with van der Waals surface area (Å²) in [4.78, 5) is 90.9. The van der Waals surface area contributed by atoms with E-state index in [0.717, 1.165) is 45.0 Å². The van der Waals surface area contributed by atoms with Crippen molar-refractivity contribution < 1.29 is 61.3 Å². The van der Waals surface area contributed by atoms with Crippen molar-refractivity contribution in [2.75, 3.05) is 36.2 Å². The van der Waals surface area contributed by atoms with E-state index in [1.165, 1.54) is 54.9 Å². The summed E-state index contributed by atoms with van der Waals surface area (Å²) < 4.78 is 58.5. The van der Waals surface area contributed by atoms with Gasteiger partial charge in [0.05, 0.1) is 57.1 Å². The van der Waals surface area contributed by atoms with Crippen LogP contribution in [-0.4, -0.2) is 106 Å². The number of carbonyl (C=O) groups is 6. The molecule has 3 atom stereocenters. The number of anilines is 2. The number of aromatic nitrogens is 1. The number of imide groups is 1. The van der Waals surface area contributed by atoms with E-state index < -0.39 is 94.3 Å². The van der Waals surface area contributed by atoms with Gasteiger partial charge in [0, 0.05) is 31.8 Å². The number of aryl methyl sites for hydroxylation is 1. The number of β-amino-alcohol motifs (C(OH)–C–C–N with tert-alkyl or cyclic N) is 1.